The Morgan fingerprint density at radius 2 is 1.94 bits per heavy atom. The number of nitro benzene ring substituents is 1. The fraction of sp³-hybridized carbons (Fsp3) is 0.300. The van der Waals surface area contributed by atoms with Crippen LogP contribution >= 0.6 is 11.6 Å². The molecule has 3 rings (SSSR count). The number of amides is 1. The minimum absolute atomic E-state index is 0.0654. The average molecular weight is 482 g/mol. The molecule has 1 heterocycles. The molecule has 12 heteroatoms. The van der Waals surface area contributed by atoms with Crippen LogP contribution in [0.3, 0.4) is 0 Å². The minimum atomic E-state index is -3.91. The highest BCUT2D eigenvalue weighted by Gasteiger charge is 2.40. The summed E-state index contributed by atoms with van der Waals surface area (Å²) in [6.07, 6.45) is 0.724. The van der Waals surface area contributed by atoms with E-state index in [9.17, 15) is 28.1 Å². The molecule has 1 fully saturated rings. The molecule has 170 valence electrons. The Morgan fingerprint density at radius 3 is 2.59 bits per heavy atom. The van der Waals surface area contributed by atoms with Gasteiger partial charge in [0.1, 0.15) is 11.7 Å². The number of nitrogens with one attached hydrogen (secondary N) is 1. The van der Waals surface area contributed by atoms with Crippen molar-refractivity contribution in [1.82, 2.24) is 4.31 Å². The second-order valence-corrected chi connectivity index (χ2v) is 9.49. The smallest absolute Gasteiger partial charge is 0.324 e. The zero-order chi connectivity index (χ0) is 23.5. The highest BCUT2D eigenvalue weighted by Crippen LogP contribution is 2.28. The van der Waals surface area contributed by atoms with Gasteiger partial charge in [-0.05, 0) is 44.0 Å². The molecule has 1 atom stereocenters. The van der Waals surface area contributed by atoms with E-state index in [2.05, 4.69) is 5.32 Å². The highest BCUT2D eigenvalue weighted by molar-refractivity contribution is 7.89. The molecule has 0 radical (unpaired) electrons. The lowest BCUT2D eigenvalue weighted by molar-refractivity contribution is -0.383. The van der Waals surface area contributed by atoms with Crippen molar-refractivity contribution in [2.45, 2.75) is 30.7 Å². The molecule has 1 N–H and O–H groups in total. The largest absolute Gasteiger partial charge is 0.454 e. The summed E-state index contributed by atoms with van der Waals surface area (Å²) in [5.41, 5.74) is 0.376. The summed E-state index contributed by atoms with van der Waals surface area (Å²) in [4.78, 5) is 35.1. The first-order chi connectivity index (χ1) is 15.1. The van der Waals surface area contributed by atoms with Crippen molar-refractivity contribution < 1.29 is 27.7 Å². The van der Waals surface area contributed by atoms with Crippen LogP contribution < -0.4 is 5.32 Å². The number of benzene rings is 2. The van der Waals surface area contributed by atoms with E-state index in [0.717, 1.165) is 15.9 Å². The normalized spacial score (nSPS) is 16.5. The Balaban J connectivity index is 1.65. The van der Waals surface area contributed by atoms with Crippen molar-refractivity contribution in [3.05, 3.63) is 63.2 Å². The van der Waals surface area contributed by atoms with Crippen LogP contribution in [0.1, 0.15) is 18.4 Å². The number of ether oxygens (including phenoxy) is 1. The number of hydrogen-bond donors (Lipinski definition) is 1. The number of carbonyl (C=O) groups excluding carboxylic acids is 2. The predicted octanol–water partition coefficient (Wildman–Crippen LogP) is 2.89. The maximum absolute atomic E-state index is 12.9. The van der Waals surface area contributed by atoms with Gasteiger partial charge in [0.2, 0.25) is 10.0 Å². The fourth-order valence-electron chi connectivity index (χ4n) is 3.29. The van der Waals surface area contributed by atoms with Crippen LogP contribution in [0.25, 0.3) is 0 Å². The molecule has 1 saturated heterocycles. The first-order valence-electron chi connectivity index (χ1n) is 9.58. The number of esters is 1. The molecule has 0 aliphatic carbocycles. The number of aryl methyl sites for hydroxylation is 1. The SMILES string of the molecule is Cc1ccc(S(=O)(=O)N2CCC[C@@H]2C(=O)OCC(=O)Nc2ccc(Cl)cc2[N+](=O)[O-])cc1. The Kier molecular flexibility index (Phi) is 7.12. The molecule has 1 aliphatic heterocycles. The Morgan fingerprint density at radius 1 is 1.25 bits per heavy atom. The van der Waals surface area contributed by atoms with Crippen molar-refractivity contribution >= 4 is 44.9 Å². The van der Waals surface area contributed by atoms with E-state index in [1.165, 1.54) is 24.3 Å². The molecule has 0 bridgehead atoms. The molecule has 0 unspecified atom stereocenters. The van der Waals surface area contributed by atoms with Gasteiger partial charge in [-0.1, -0.05) is 29.3 Å². The van der Waals surface area contributed by atoms with E-state index < -0.39 is 45.2 Å². The zero-order valence-electron chi connectivity index (χ0n) is 17.0. The summed E-state index contributed by atoms with van der Waals surface area (Å²) in [5.74, 6) is -1.67. The van der Waals surface area contributed by atoms with Gasteiger partial charge < -0.3 is 10.1 Å². The number of rotatable bonds is 7. The first kappa shape index (κ1) is 23.6. The minimum Gasteiger partial charge on any atom is -0.454 e. The first-order valence-corrected chi connectivity index (χ1v) is 11.4. The third-order valence-corrected chi connectivity index (χ3v) is 7.04. The fourth-order valence-corrected chi connectivity index (χ4v) is 5.10. The van der Waals surface area contributed by atoms with Crippen molar-refractivity contribution in [1.29, 1.82) is 0 Å². The summed E-state index contributed by atoms with van der Waals surface area (Å²) in [5, 5.41) is 13.5. The molecule has 2 aromatic rings. The molecule has 1 aliphatic rings. The lowest BCUT2D eigenvalue weighted by atomic mass is 10.2. The van der Waals surface area contributed by atoms with Gasteiger partial charge in [-0.3, -0.25) is 19.7 Å². The van der Waals surface area contributed by atoms with Gasteiger partial charge in [-0.25, -0.2) is 8.42 Å². The van der Waals surface area contributed by atoms with Crippen molar-refractivity contribution in [3.63, 3.8) is 0 Å². The molecule has 0 spiro atoms. The van der Waals surface area contributed by atoms with E-state index in [1.807, 2.05) is 6.92 Å². The van der Waals surface area contributed by atoms with Crippen LogP contribution in [-0.2, 0) is 24.3 Å². The van der Waals surface area contributed by atoms with E-state index in [0.29, 0.717) is 6.42 Å². The van der Waals surface area contributed by atoms with Gasteiger partial charge >= 0.3 is 5.97 Å². The third-order valence-electron chi connectivity index (χ3n) is 4.88. The van der Waals surface area contributed by atoms with E-state index in [-0.39, 0.29) is 28.6 Å². The monoisotopic (exact) mass is 481 g/mol. The molecule has 1 amide bonds. The van der Waals surface area contributed by atoms with Crippen LogP contribution in [0.2, 0.25) is 5.02 Å². The van der Waals surface area contributed by atoms with E-state index in [4.69, 9.17) is 16.3 Å². The van der Waals surface area contributed by atoms with Gasteiger partial charge in [0, 0.05) is 17.6 Å². The number of anilines is 1. The standard InChI is InChI=1S/C20H20ClN3O7S/c1-13-4-7-15(8-5-13)32(29,30)23-10-2-3-17(23)20(26)31-12-19(25)22-16-9-6-14(21)11-18(16)24(27)28/h4-9,11,17H,2-3,10,12H2,1H3,(H,22,25)/t17-/m1/s1. The summed E-state index contributed by atoms with van der Waals surface area (Å²) >= 11 is 5.74. The summed E-state index contributed by atoms with van der Waals surface area (Å²) < 4.78 is 31.9. The van der Waals surface area contributed by atoms with Crippen molar-refractivity contribution in [2.24, 2.45) is 0 Å². The number of halogens is 1. The number of nitro groups is 1. The second-order valence-electron chi connectivity index (χ2n) is 7.16. The molecule has 0 saturated carbocycles. The van der Waals surface area contributed by atoms with E-state index in [1.54, 1.807) is 12.1 Å². The van der Waals surface area contributed by atoms with Crippen LogP contribution in [0, 0.1) is 17.0 Å². The second kappa shape index (κ2) is 9.63. The number of nitrogens with zero attached hydrogens (tertiary/aromatic N) is 2. The van der Waals surface area contributed by atoms with Gasteiger partial charge in [-0.15, -0.1) is 0 Å². The molecule has 10 nitrogen and oxygen atoms in total. The topological polar surface area (TPSA) is 136 Å². The van der Waals surface area contributed by atoms with Crippen molar-refractivity contribution in [2.75, 3.05) is 18.5 Å². The molecule has 0 aromatic heterocycles. The lowest BCUT2D eigenvalue weighted by Crippen LogP contribution is -2.42. The maximum Gasteiger partial charge on any atom is 0.324 e. The van der Waals surface area contributed by atoms with Gasteiger partial charge in [0.15, 0.2) is 6.61 Å². The van der Waals surface area contributed by atoms with Gasteiger partial charge in [0.05, 0.1) is 9.82 Å². The van der Waals surface area contributed by atoms with E-state index >= 15 is 0 Å². The quantitative estimate of drug-likeness (QED) is 0.364. The van der Waals surface area contributed by atoms with Crippen molar-refractivity contribution in [3.8, 4) is 0 Å². The van der Waals surface area contributed by atoms with Gasteiger partial charge in [0.25, 0.3) is 11.6 Å². The maximum atomic E-state index is 12.9. The van der Waals surface area contributed by atoms with Crippen LogP contribution in [0.15, 0.2) is 47.4 Å². The lowest BCUT2D eigenvalue weighted by Gasteiger charge is -2.22. The molecular formula is C20H20ClN3O7S. The van der Waals surface area contributed by atoms with Crippen LogP contribution in [0.5, 0.6) is 0 Å². The van der Waals surface area contributed by atoms with Crippen LogP contribution in [-0.4, -0.2) is 48.7 Å². The highest BCUT2D eigenvalue weighted by atomic mass is 35.5. The predicted molar refractivity (Wildman–Crippen MR) is 116 cm³/mol. The summed E-state index contributed by atoms with van der Waals surface area (Å²) in [7, 11) is -3.91. The Labute approximate surface area is 189 Å². The average Bonchev–Trinajstić information content (AvgIpc) is 3.24. The number of hydrogen-bond acceptors (Lipinski definition) is 7. The number of carbonyl (C=O) groups is 2. The van der Waals surface area contributed by atoms with Gasteiger partial charge in [-0.2, -0.15) is 4.31 Å². The van der Waals surface area contributed by atoms with Crippen LogP contribution in [0.4, 0.5) is 11.4 Å². The summed E-state index contributed by atoms with van der Waals surface area (Å²) in [6, 6.07) is 8.91. The Bertz CT molecular complexity index is 1150. The molecule has 2 aromatic carbocycles. The third kappa shape index (κ3) is 5.23. The zero-order valence-corrected chi connectivity index (χ0v) is 18.6. The Hall–Kier alpha value is -3.02. The summed E-state index contributed by atoms with van der Waals surface area (Å²) in [6.45, 7) is 1.25. The number of sulfonamides is 1. The molecular weight excluding hydrogens is 462 g/mol. The molecule has 32 heavy (non-hydrogen) atoms.